The van der Waals surface area contributed by atoms with E-state index in [1.807, 2.05) is 58.0 Å². The first-order chi connectivity index (χ1) is 23.7. The number of cyclic esters (lactones) is 1. The SMILES string of the molecule is CC1C[C@]2(OC1=O)O[C@]13O[C@@]4(CC[C@]5(C)C(=O)[C@@H](C)[C@H]2[C@H]15)C[C@]1(O)C(=O)O[C@@](C)(CO[Si](C)(C)C(C)(C)C)[C@@H]1CC[C@H]4[C@@H]3OCc1ccccc1. The molecule has 1 aromatic carbocycles. The van der Waals surface area contributed by atoms with E-state index in [0.717, 1.165) is 5.56 Å². The molecule has 2 saturated carbocycles. The van der Waals surface area contributed by atoms with Crippen LogP contribution in [0.25, 0.3) is 0 Å². The van der Waals surface area contributed by atoms with Crippen LogP contribution in [0, 0.1) is 40.9 Å². The standard InChI is InChI=1S/C40H56O10Si/c1-23-19-39(47-32(23)42)28-24(2)30(41)35(6)17-18-37-21-38(44)27(36(7,48-33(38)43)22-46-51(8,9)34(3,4)5)16-15-26(37)31(40(49-37,50-39)29(28)35)45-20-25-13-11-10-12-14-25/h10-14,23-24,26-29,31,44H,15-22H2,1-9H3/t23?,24-,26-,27-,28-,29-,31-,35-,36-,37-,38+,39-,40+/m0/s1. The molecule has 0 amide bonds. The molecule has 51 heavy (non-hydrogen) atoms. The topological polar surface area (TPSA) is 127 Å². The van der Waals surface area contributed by atoms with E-state index in [1.165, 1.54) is 0 Å². The molecule has 280 valence electrons. The van der Waals surface area contributed by atoms with Crippen LogP contribution in [0.2, 0.25) is 18.1 Å². The third kappa shape index (κ3) is 4.73. The van der Waals surface area contributed by atoms with E-state index in [-0.39, 0.29) is 42.3 Å². The van der Waals surface area contributed by atoms with Crippen LogP contribution in [0.3, 0.4) is 0 Å². The molecule has 5 saturated heterocycles. The van der Waals surface area contributed by atoms with Crippen molar-refractivity contribution in [2.45, 2.75) is 146 Å². The fourth-order valence-electron chi connectivity index (χ4n) is 11.5. The van der Waals surface area contributed by atoms with Gasteiger partial charge in [0.1, 0.15) is 17.5 Å². The molecule has 5 heterocycles. The quantitative estimate of drug-likeness (QED) is 0.273. The van der Waals surface area contributed by atoms with Crippen molar-refractivity contribution in [2.75, 3.05) is 6.61 Å². The summed E-state index contributed by atoms with van der Waals surface area (Å²) in [5.41, 5.74) is -3.84. The van der Waals surface area contributed by atoms with Gasteiger partial charge in [-0.2, -0.15) is 0 Å². The molecule has 11 heteroatoms. The lowest BCUT2D eigenvalue weighted by molar-refractivity contribution is -0.343. The van der Waals surface area contributed by atoms with Crippen LogP contribution in [0.5, 0.6) is 0 Å². The van der Waals surface area contributed by atoms with Gasteiger partial charge in [0, 0.05) is 47.8 Å². The molecule has 1 N–H and O–H groups in total. The summed E-state index contributed by atoms with van der Waals surface area (Å²) in [7, 11) is -2.21. The van der Waals surface area contributed by atoms with E-state index >= 15 is 0 Å². The van der Waals surface area contributed by atoms with Gasteiger partial charge in [0.15, 0.2) is 13.9 Å². The van der Waals surface area contributed by atoms with Gasteiger partial charge in [-0.1, -0.05) is 71.9 Å². The van der Waals surface area contributed by atoms with Gasteiger partial charge in [0.05, 0.1) is 24.7 Å². The zero-order chi connectivity index (χ0) is 36.8. The van der Waals surface area contributed by atoms with Crippen LogP contribution in [0.1, 0.15) is 92.6 Å². The number of fused-ring (bicyclic) bond motifs is 2. The minimum atomic E-state index is -2.21. The second-order valence-corrected chi connectivity index (χ2v) is 24.0. The molecule has 8 rings (SSSR count). The fraction of sp³-hybridized carbons (Fsp3) is 0.775. The van der Waals surface area contributed by atoms with Gasteiger partial charge in [0.25, 0.3) is 0 Å². The first-order valence-corrected chi connectivity index (χ1v) is 22.0. The average Bonchev–Trinajstić information content (AvgIpc) is 3.65. The Morgan fingerprint density at radius 2 is 1.69 bits per heavy atom. The zero-order valence-electron chi connectivity index (χ0n) is 31.7. The van der Waals surface area contributed by atoms with E-state index in [9.17, 15) is 19.5 Å². The predicted octanol–water partition coefficient (Wildman–Crippen LogP) is 6.08. The van der Waals surface area contributed by atoms with Crippen LogP contribution < -0.4 is 0 Å². The van der Waals surface area contributed by atoms with Crippen molar-refractivity contribution in [3.05, 3.63) is 35.9 Å². The summed E-state index contributed by atoms with van der Waals surface area (Å²) >= 11 is 0. The molecule has 7 fully saturated rings. The molecule has 3 spiro atoms. The number of rotatable bonds is 6. The van der Waals surface area contributed by atoms with E-state index in [4.69, 9.17) is 28.1 Å². The number of ether oxygens (including phenoxy) is 5. The third-order valence-electron chi connectivity index (χ3n) is 15.1. The Labute approximate surface area is 302 Å². The van der Waals surface area contributed by atoms with Gasteiger partial charge in [-0.15, -0.1) is 0 Å². The second kappa shape index (κ2) is 11.0. The zero-order valence-corrected chi connectivity index (χ0v) is 32.7. The Morgan fingerprint density at radius 1 is 0.980 bits per heavy atom. The maximum absolute atomic E-state index is 14.5. The summed E-state index contributed by atoms with van der Waals surface area (Å²) in [6, 6.07) is 9.93. The van der Waals surface area contributed by atoms with Gasteiger partial charge in [0.2, 0.25) is 11.6 Å². The van der Waals surface area contributed by atoms with E-state index in [0.29, 0.717) is 32.1 Å². The number of hydrogen-bond donors (Lipinski definition) is 1. The minimum Gasteiger partial charge on any atom is -0.454 e. The van der Waals surface area contributed by atoms with Gasteiger partial charge in [-0.05, 0) is 56.3 Å². The van der Waals surface area contributed by atoms with E-state index in [2.05, 4.69) is 33.9 Å². The summed E-state index contributed by atoms with van der Waals surface area (Å²) in [4.78, 5) is 41.7. The van der Waals surface area contributed by atoms with E-state index in [1.54, 1.807) is 0 Å². The van der Waals surface area contributed by atoms with Crippen LogP contribution in [-0.4, -0.2) is 72.2 Å². The Morgan fingerprint density at radius 3 is 2.33 bits per heavy atom. The molecule has 13 atom stereocenters. The van der Waals surface area contributed by atoms with Crippen LogP contribution in [0.4, 0.5) is 0 Å². The highest BCUT2D eigenvalue weighted by molar-refractivity contribution is 6.74. The van der Waals surface area contributed by atoms with Gasteiger partial charge in [-0.3, -0.25) is 9.59 Å². The lowest BCUT2D eigenvalue weighted by atomic mass is 9.62. The Bertz CT molecular complexity index is 1640. The van der Waals surface area contributed by atoms with Crippen LogP contribution >= 0.6 is 0 Å². The largest absolute Gasteiger partial charge is 0.454 e. The van der Waals surface area contributed by atoms with E-state index < -0.39 is 83.8 Å². The van der Waals surface area contributed by atoms with Crippen molar-refractivity contribution in [1.29, 1.82) is 0 Å². The lowest BCUT2D eigenvalue weighted by Gasteiger charge is -2.42. The number of carbonyl (C=O) groups is 3. The Balaban J connectivity index is 1.22. The first kappa shape index (κ1) is 35.9. The van der Waals surface area contributed by atoms with Crippen molar-refractivity contribution in [1.82, 2.24) is 0 Å². The summed E-state index contributed by atoms with van der Waals surface area (Å²) in [6.07, 6.45) is 1.63. The molecule has 10 nitrogen and oxygen atoms in total. The monoisotopic (exact) mass is 724 g/mol. The van der Waals surface area contributed by atoms with Crippen molar-refractivity contribution in [3.8, 4) is 0 Å². The van der Waals surface area contributed by atoms with Crippen LogP contribution in [0.15, 0.2) is 30.3 Å². The molecule has 1 unspecified atom stereocenters. The van der Waals surface area contributed by atoms with Gasteiger partial charge >= 0.3 is 11.9 Å². The molecule has 2 aliphatic carbocycles. The highest BCUT2D eigenvalue weighted by Crippen LogP contribution is 2.75. The highest BCUT2D eigenvalue weighted by Gasteiger charge is 2.86. The molecular formula is C40H56O10Si. The lowest BCUT2D eigenvalue weighted by Crippen LogP contribution is -2.54. The van der Waals surface area contributed by atoms with Crippen LogP contribution in [-0.2, 0) is 49.1 Å². The number of ketones is 1. The number of hydrogen-bond acceptors (Lipinski definition) is 10. The Kier molecular flexibility index (Phi) is 7.71. The number of benzene rings is 1. The minimum absolute atomic E-state index is 0.0133. The van der Waals surface area contributed by atoms with Crippen molar-refractivity contribution < 1.29 is 47.6 Å². The molecule has 2 bridgehead atoms. The van der Waals surface area contributed by atoms with Crippen molar-refractivity contribution in [3.63, 3.8) is 0 Å². The highest BCUT2D eigenvalue weighted by atomic mass is 28.4. The summed E-state index contributed by atoms with van der Waals surface area (Å²) in [6.45, 7) is 19.0. The molecule has 5 aliphatic heterocycles. The summed E-state index contributed by atoms with van der Waals surface area (Å²) in [5, 5.41) is 12.7. The number of carbonyl (C=O) groups excluding carboxylic acids is 3. The molecule has 0 radical (unpaired) electrons. The predicted molar refractivity (Wildman–Crippen MR) is 187 cm³/mol. The molecule has 0 aromatic heterocycles. The Hall–Kier alpha value is -2.15. The number of aliphatic hydroxyl groups is 1. The maximum Gasteiger partial charge on any atom is 0.339 e. The number of Topliss-reactive ketones (excluding diaryl/α,β-unsaturated/α-hetero) is 1. The fourth-order valence-corrected chi connectivity index (χ4v) is 12.6. The van der Waals surface area contributed by atoms with Gasteiger partial charge in [-0.25, -0.2) is 4.79 Å². The second-order valence-electron chi connectivity index (χ2n) is 19.2. The normalized spacial score (nSPS) is 48.6. The van der Waals surface area contributed by atoms with Crippen molar-refractivity contribution in [2.24, 2.45) is 40.9 Å². The van der Waals surface area contributed by atoms with Crippen molar-refractivity contribution >= 4 is 26.0 Å². The maximum atomic E-state index is 14.5. The number of esters is 2. The third-order valence-corrected chi connectivity index (χ3v) is 19.6. The van der Waals surface area contributed by atoms with Gasteiger partial charge < -0.3 is 33.2 Å². The first-order valence-electron chi connectivity index (χ1n) is 19.1. The summed E-state index contributed by atoms with van der Waals surface area (Å²) in [5.74, 6) is -6.20. The smallest absolute Gasteiger partial charge is 0.339 e. The summed E-state index contributed by atoms with van der Waals surface area (Å²) < 4.78 is 40.8. The molecular weight excluding hydrogens is 669 g/mol. The molecule has 1 aromatic rings. The molecule has 7 aliphatic rings. The average molecular weight is 725 g/mol.